The summed E-state index contributed by atoms with van der Waals surface area (Å²) in [5, 5.41) is 2.78. The van der Waals surface area contributed by atoms with Crippen molar-refractivity contribution in [2.45, 2.75) is 19.3 Å². The number of allylic oxidation sites excluding steroid dienone is 2. The molecule has 1 aliphatic heterocycles. The smallest absolute Gasteiger partial charge is 0.233 e. The van der Waals surface area contributed by atoms with Crippen LogP contribution in [0.25, 0.3) is 0 Å². The molecule has 3 amide bonds. The molecule has 1 aromatic rings. The van der Waals surface area contributed by atoms with Crippen molar-refractivity contribution in [3.05, 3.63) is 40.9 Å². The number of amides is 3. The van der Waals surface area contributed by atoms with Crippen molar-refractivity contribution in [2.75, 3.05) is 11.9 Å². The minimum absolute atomic E-state index is 0.103. The Labute approximate surface area is 142 Å². The minimum Gasteiger partial charge on any atom is -0.325 e. The number of imide groups is 1. The van der Waals surface area contributed by atoms with Crippen LogP contribution in [0.3, 0.4) is 0 Å². The van der Waals surface area contributed by atoms with Gasteiger partial charge in [0.15, 0.2) is 0 Å². The van der Waals surface area contributed by atoms with E-state index in [1.807, 2.05) is 30.4 Å². The summed E-state index contributed by atoms with van der Waals surface area (Å²) in [6.45, 7) is 0.140. The fourth-order valence-corrected chi connectivity index (χ4v) is 3.46. The van der Waals surface area contributed by atoms with Gasteiger partial charge in [-0.1, -0.05) is 24.3 Å². The molecule has 0 aromatic heterocycles. The van der Waals surface area contributed by atoms with Crippen molar-refractivity contribution in [2.24, 2.45) is 11.8 Å². The predicted molar refractivity (Wildman–Crippen MR) is 89.5 cm³/mol. The second-order valence-electron chi connectivity index (χ2n) is 5.76. The molecular weight excluding hydrogens is 360 g/mol. The summed E-state index contributed by atoms with van der Waals surface area (Å²) in [6, 6.07) is 7.30. The normalized spacial score (nSPS) is 23.1. The maximum absolute atomic E-state index is 12.3. The van der Waals surface area contributed by atoms with Crippen LogP contribution >= 0.6 is 15.9 Å². The zero-order chi connectivity index (χ0) is 16.4. The van der Waals surface area contributed by atoms with Gasteiger partial charge >= 0.3 is 0 Å². The Kier molecular flexibility index (Phi) is 4.61. The van der Waals surface area contributed by atoms with Gasteiger partial charge in [0.2, 0.25) is 17.7 Å². The summed E-state index contributed by atoms with van der Waals surface area (Å²) in [5.41, 5.74) is 0.675. The lowest BCUT2D eigenvalue weighted by Crippen LogP contribution is -2.34. The van der Waals surface area contributed by atoms with E-state index in [0.717, 1.165) is 4.47 Å². The molecule has 6 heteroatoms. The fourth-order valence-electron chi connectivity index (χ4n) is 3.08. The summed E-state index contributed by atoms with van der Waals surface area (Å²) < 4.78 is 0.791. The molecule has 1 saturated heterocycles. The third kappa shape index (κ3) is 3.22. The zero-order valence-corrected chi connectivity index (χ0v) is 14.1. The molecule has 5 nitrogen and oxygen atoms in total. The number of nitrogens with one attached hydrogen (secondary N) is 1. The molecule has 1 aromatic carbocycles. The van der Waals surface area contributed by atoms with Crippen LogP contribution in [0.4, 0.5) is 5.69 Å². The molecule has 120 valence electrons. The van der Waals surface area contributed by atoms with E-state index in [2.05, 4.69) is 21.2 Å². The molecule has 1 heterocycles. The lowest BCUT2D eigenvalue weighted by atomic mass is 9.85. The van der Waals surface area contributed by atoms with Crippen LogP contribution in [-0.4, -0.2) is 29.2 Å². The first-order valence-electron chi connectivity index (χ1n) is 7.62. The van der Waals surface area contributed by atoms with Crippen LogP contribution in [0, 0.1) is 11.8 Å². The number of likely N-dealkylation sites (tertiary alicyclic amines) is 1. The molecule has 1 aliphatic carbocycles. The Bertz CT molecular complexity index is 660. The van der Waals surface area contributed by atoms with Gasteiger partial charge in [-0.25, -0.2) is 0 Å². The third-order valence-corrected chi connectivity index (χ3v) is 5.00. The number of benzene rings is 1. The summed E-state index contributed by atoms with van der Waals surface area (Å²) in [6.07, 6.45) is 5.25. The van der Waals surface area contributed by atoms with E-state index >= 15 is 0 Å². The fraction of sp³-hybridized carbons (Fsp3) is 0.353. The lowest BCUT2D eigenvalue weighted by Gasteiger charge is -2.14. The van der Waals surface area contributed by atoms with Crippen molar-refractivity contribution < 1.29 is 14.4 Å². The van der Waals surface area contributed by atoms with Crippen LogP contribution in [0.1, 0.15) is 19.3 Å². The Morgan fingerprint density at radius 1 is 1.13 bits per heavy atom. The third-order valence-electron chi connectivity index (χ3n) is 4.31. The second kappa shape index (κ2) is 6.66. The van der Waals surface area contributed by atoms with E-state index in [1.165, 1.54) is 4.90 Å². The first kappa shape index (κ1) is 15.9. The highest BCUT2D eigenvalue weighted by molar-refractivity contribution is 9.10. The number of para-hydroxylation sites is 1. The van der Waals surface area contributed by atoms with Crippen molar-refractivity contribution in [1.82, 2.24) is 4.90 Å². The van der Waals surface area contributed by atoms with Crippen molar-refractivity contribution in [3.63, 3.8) is 0 Å². The highest BCUT2D eigenvalue weighted by Crippen LogP contribution is 2.35. The number of hydrogen-bond acceptors (Lipinski definition) is 3. The zero-order valence-electron chi connectivity index (χ0n) is 12.5. The molecule has 2 atom stereocenters. The van der Waals surface area contributed by atoms with Gasteiger partial charge in [0.25, 0.3) is 0 Å². The van der Waals surface area contributed by atoms with Gasteiger partial charge < -0.3 is 5.32 Å². The molecule has 23 heavy (non-hydrogen) atoms. The molecule has 2 unspecified atom stereocenters. The first-order valence-corrected chi connectivity index (χ1v) is 8.42. The van der Waals surface area contributed by atoms with Gasteiger partial charge in [0, 0.05) is 17.4 Å². The quantitative estimate of drug-likeness (QED) is 0.648. The van der Waals surface area contributed by atoms with Gasteiger partial charge in [0.05, 0.1) is 17.5 Å². The number of nitrogens with zero attached hydrogens (tertiary/aromatic N) is 1. The van der Waals surface area contributed by atoms with Crippen LogP contribution in [0.5, 0.6) is 0 Å². The van der Waals surface area contributed by atoms with E-state index in [4.69, 9.17) is 0 Å². The monoisotopic (exact) mass is 376 g/mol. The Hall–Kier alpha value is -1.95. The second-order valence-corrected chi connectivity index (χ2v) is 6.62. The molecule has 0 bridgehead atoms. The maximum atomic E-state index is 12.3. The van der Waals surface area contributed by atoms with Crippen LogP contribution in [0.2, 0.25) is 0 Å². The molecule has 0 saturated carbocycles. The molecule has 2 aliphatic rings. The SMILES string of the molecule is O=C(CCN1C(=O)C2CC=CCC2C1=O)Nc1ccccc1Br. The molecule has 3 rings (SSSR count). The maximum Gasteiger partial charge on any atom is 0.233 e. The summed E-state index contributed by atoms with van der Waals surface area (Å²) in [7, 11) is 0. The molecule has 1 fully saturated rings. The highest BCUT2D eigenvalue weighted by Gasteiger charge is 2.46. The van der Waals surface area contributed by atoms with Gasteiger partial charge in [-0.2, -0.15) is 0 Å². The largest absolute Gasteiger partial charge is 0.325 e. The number of hydrogen-bond donors (Lipinski definition) is 1. The van der Waals surface area contributed by atoms with Gasteiger partial charge in [-0.05, 0) is 40.9 Å². The molecule has 1 N–H and O–H groups in total. The number of rotatable bonds is 4. The number of carbonyl (C=O) groups excluding carboxylic acids is 3. The standard InChI is InChI=1S/C17H17BrN2O3/c18-13-7-3-4-8-14(13)19-15(21)9-10-20-16(22)11-5-1-2-6-12(11)17(20)23/h1-4,7-8,11-12H,5-6,9-10H2,(H,19,21). The van der Waals surface area contributed by atoms with E-state index in [1.54, 1.807) is 6.07 Å². The van der Waals surface area contributed by atoms with Crippen LogP contribution in [0.15, 0.2) is 40.9 Å². The lowest BCUT2D eigenvalue weighted by molar-refractivity contribution is -0.140. The predicted octanol–water partition coefficient (Wildman–Crippen LogP) is 2.73. The number of carbonyl (C=O) groups is 3. The number of anilines is 1. The van der Waals surface area contributed by atoms with E-state index in [-0.39, 0.29) is 42.5 Å². The van der Waals surface area contributed by atoms with Crippen molar-refractivity contribution >= 4 is 39.3 Å². The molecular formula is C17H17BrN2O3. The Morgan fingerprint density at radius 3 is 2.35 bits per heavy atom. The van der Waals surface area contributed by atoms with E-state index in [9.17, 15) is 14.4 Å². The number of halogens is 1. The van der Waals surface area contributed by atoms with Gasteiger partial charge in [-0.3, -0.25) is 19.3 Å². The van der Waals surface area contributed by atoms with E-state index < -0.39 is 0 Å². The van der Waals surface area contributed by atoms with Crippen molar-refractivity contribution in [3.8, 4) is 0 Å². The van der Waals surface area contributed by atoms with Gasteiger partial charge in [0.1, 0.15) is 0 Å². The molecule has 0 spiro atoms. The van der Waals surface area contributed by atoms with Crippen molar-refractivity contribution in [1.29, 1.82) is 0 Å². The van der Waals surface area contributed by atoms with Crippen LogP contribution in [-0.2, 0) is 14.4 Å². The topological polar surface area (TPSA) is 66.5 Å². The Morgan fingerprint density at radius 2 is 1.74 bits per heavy atom. The average molecular weight is 377 g/mol. The van der Waals surface area contributed by atoms with Crippen LogP contribution < -0.4 is 5.32 Å². The summed E-state index contributed by atoms with van der Waals surface area (Å²) in [4.78, 5) is 37.9. The summed E-state index contributed by atoms with van der Waals surface area (Å²) in [5.74, 6) is -0.973. The average Bonchev–Trinajstić information content (AvgIpc) is 2.80. The number of fused-ring (bicyclic) bond motifs is 1. The molecule has 0 radical (unpaired) electrons. The summed E-state index contributed by atoms with van der Waals surface area (Å²) >= 11 is 3.36. The first-order chi connectivity index (χ1) is 11.1. The van der Waals surface area contributed by atoms with Gasteiger partial charge in [-0.15, -0.1) is 0 Å². The highest BCUT2D eigenvalue weighted by atomic mass is 79.9. The Balaban J connectivity index is 1.58. The van der Waals surface area contributed by atoms with E-state index in [0.29, 0.717) is 18.5 Å². The minimum atomic E-state index is -0.237.